The summed E-state index contributed by atoms with van der Waals surface area (Å²) in [6.45, 7) is 5.02. The predicted octanol–water partition coefficient (Wildman–Crippen LogP) is 3.49. The number of esters is 1. The van der Waals surface area contributed by atoms with E-state index in [1.807, 2.05) is 13.8 Å². The van der Waals surface area contributed by atoms with Crippen molar-refractivity contribution >= 4 is 40.5 Å². The lowest BCUT2D eigenvalue weighted by Crippen LogP contribution is -2.19. The summed E-state index contributed by atoms with van der Waals surface area (Å²) in [5.41, 5.74) is -0.715. The second-order valence-electron chi connectivity index (χ2n) is 5.50. The van der Waals surface area contributed by atoms with Gasteiger partial charge in [-0.2, -0.15) is 0 Å². The first-order valence-corrected chi connectivity index (χ1v) is 8.70. The Morgan fingerprint density at radius 3 is 2.52 bits per heavy atom. The summed E-state index contributed by atoms with van der Waals surface area (Å²) in [6, 6.07) is 1.20. The quantitative estimate of drug-likeness (QED) is 0.161. The van der Waals surface area contributed by atoms with Crippen LogP contribution in [-0.2, 0) is 9.53 Å². The fraction of sp³-hybridized carbons (Fsp3) is 0.412. The Kier molecular flexibility index (Phi) is 8.43. The normalized spacial score (nSPS) is 13.9. The van der Waals surface area contributed by atoms with Crippen molar-refractivity contribution in [3.05, 3.63) is 38.5 Å². The van der Waals surface area contributed by atoms with Gasteiger partial charge in [-0.25, -0.2) is 13.6 Å². The zero-order chi connectivity index (χ0) is 19.1. The summed E-state index contributed by atoms with van der Waals surface area (Å²) < 4.78 is 32.3. The molecule has 0 radical (unpaired) electrons. The van der Waals surface area contributed by atoms with Crippen LogP contribution in [0, 0.1) is 21.1 Å². The van der Waals surface area contributed by atoms with Crippen LogP contribution in [0.2, 0.25) is 0 Å². The van der Waals surface area contributed by atoms with Crippen molar-refractivity contribution in [2.45, 2.75) is 26.8 Å². The molecule has 0 saturated heterocycles. The van der Waals surface area contributed by atoms with Crippen molar-refractivity contribution in [1.29, 1.82) is 0 Å². The average Bonchev–Trinajstić information content (AvgIpc) is 2.54. The van der Waals surface area contributed by atoms with Gasteiger partial charge >= 0.3 is 5.97 Å². The lowest BCUT2D eigenvalue weighted by Gasteiger charge is -2.14. The molecule has 25 heavy (non-hydrogen) atoms. The number of aliphatic hydroxyl groups excluding tert-OH is 2. The molecule has 0 aliphatic heterocycles. The minimum absolute atomic E-state index is 0.0182. The number of carbonyl (C=O) groups excluding carboxylic acids is 1. The third-order valence-electron chi connectivity index (χ3n) is 3.37. The Balaban J connectivity index is 3.44. The topological polar surface area (TPSA) is 79.1 Å². The molecule has 0 unspecified atom stereocenters. The fourth-order valence-electron chi connectivity index (χ4n) is 1.87. The predicted molar refractivity (Wildman–Crippen MR) is 99.5 cm³/mol. The molecule has 0 fully saturated rings. The van der Waals surface area contributed by atoms with E-state index < -0.39 is 29.4 Å². The van der Waals surface area contributed by atoms with E-state index in [1.165, 1.54) is 0 Å². The third-order valence-corrected chi connectivity index (χ3v) is 4.19. The lowest BCUT2D eigenvalue weighted by atomic mass is 10.1. The summed E-state index contributed by atoms with van der Waals surface area (Å²) in [7, 11) is 0. The second kappa shape index (κ2) is 9.81. The maximum atomic E-state index is 14.0. The van der Waals surface area contributed by atoms with Gasteiger partial charge in [-0.3, -0.25) is 4.99 Å². The van der Waals surface area contributed by atoms with E-state index in [4.69, 9.17) is 4.74 Å². The van der Waals surface area contributed by atoms with E-state index in [-0.39, 0.29) is 33.8 Å². The molecule has 5 nitrogen and oxygen atoms in total. The van der Waals surface area contributed by atoms with Gasteiger partial charge in [0.15, 0.2) is 0 Å². The summed E-state index contributed by atoms with van der Waals surface area (Å²) in [5.74, 6) is -3.43. The minimum atomic E-state index is -1.02. The van der Waals surface area contributed by atoms with Crippen molar-refractivity contribution in [2.24, 2.45) is 10.9 Å². The smallest absolute Gasteiger partial charge is 0.343 e. The molecule has 0 saturated carbocycles. The molecule has 8 heteroatoms. The molecule has 0 aliphatic rings. The van der Waals surface area contributed by atoms with Gasteiger partial charge in [-0.15, -0.1) is 0 Å². The number of rotatable bonds is 7. The number of nitrogens with zero attached hydrogens (tertiary/aromatic N) is 1. The monoisotopic (exact) mass is 467 g/mol. The first-order valence-electron chi connectivity index (χ1n) is 7.62. The third kappa shape index (κ3) is 5.74. The maximum absolute atomic E-state index is 14.0. The van der Waals surface area contributed by atoms with Crippen molar-refractivity contribution in [1.82, 2.24) is 0 Å². The highest BCUT2D eigenvalue weighted by molar-refractivity contribution is 14.1. The van der Waals surface area contributed by atoms with E-state index in [9.17, 15) is 23.8 Å². The number of aliphatic hydroxyl groups is 2. The SMILES string of the molecule is CCOC(=O)/C(C=N[C@H](CO)C(C)C)=C(\O)c1cc(I)c(F)cc1F. The van der Waals surface area contributed by atoms with E-state index in [1.54, 1.807) is 29.5 Å². The molecule has 138 valence electrons. The standard InChI is InChI=1S/C17H20F2INO4/c1-4-25-17(24)11(7-21-15(8-22)9(2)3)16(23)10-5-14(20)13(19)6-12(10)18/h5-7,9,15,22-23H,4,8H2,1-3H3/b16-11-,21-7?/t15-/m1/s1. The van der Waals surface area contributed by atoms with Crippen LogP contribution >= 0.6 is 22.6 Å². The average molecular weight is 467 g/mol. The van der Waals surface area contributed by atoms with Crippen molar-refractivity contribution in [3.63, 3.8) is 0 Å². The van der Waals surface area contributed by atoms with Crippen LogP contribution in [0.3, 0.4) is 0 Å². The zero-order valence-corrected chi connectivity index (χ0v) is 16.3. The Hall–Kier alpha value is -1.55. The highest BCUT2D eigenvalue weighted by Gasteiger charge is 2.21. The van der Waals surface area contributed by atoms with Crippen molar-refractivity contribution < 1.29 is 28.5 Å². The van der Waals surface area contributed by atoms with Crippen LogP contribution in [0.5, 0.6) is 0 Å². The molecular weight excluding hydrogens is 447 g/mol. The fourth-order valence-corrected chi connectivity index (χ4v) is 2.34. The number of hydrogen-bond acceptors (Lipinski definition) is 5. The molecule has 0 bridgehead atoms. The molecule has 1 aromatic rings. The Labute approximate surface area is 158 Å². The molecule has 2 N–H and O–H groups in total. The van der Waals surface area contributed by atoms with Crippen LogP contribution in [0.25, 0.3) is 5.76 Å². The van der Waals surface area contributed by atoms with Crippen LogP contribution in [0.4, 0.5) is 8.78 Å². The van der Waals surface area contributed by atoms with Crippen LogP contribution < -0.4 is 0 Å². The molecule has 1 rings (SSSR count). The summed E-state index contributed by atoms with van der Waals surface area (Å²) >= 11 is 1.65. The van der Waals surface area contributed by atoms with Crippen LogP contribution in [0.15, 0.2) is 22.7 Å². The van der Waals surface area contributed by atoms with Crippen molar-refractivity contribution in [2.75, 3.05) is 13.2 Å². The van der Waals surface area contributed by atoms with Gasteiger partial charge in [0.05, 0.1) is 24.8 Å². The minimum Gasteiger partial charge on any atom is -0.506 e. The van der Waals surface area contributed by atoms with Gasteiger partial charge in [0.2, 0.25) is 0 Å². The summed E-state index contributed by atoms with van der Waals surface area (Å²) in [4.78, 5) is 16.2. The van der Waals surface area contributed by atoms with E-state index >= 15 is 0 Å². The number of halogens is 3. The Bertz CT molecular complexity index is 689. The highest BCUT2D eigenvalue weighted by Crippen LogP contribution is 2.24. The van der Waals surface area contributed by atoms with Gasteiger partial charge in [-0.05, 0) is 41.5 Å². The first kappa shape index (κ1) is 21.5. The zero-order valence-electron chi connectivity index (χ0n) is 14.1. The van der Waals surface area contributed by atoms with Gasteiger partial charge in [0.1, 0.15) is 23.0 Å². The molecule has 1 aromatic carbocycles. The molecule has 0 spiro atoms. The second-order valence-corrected chi connectivity index (χ2v) is 6.66. The molecular formula is C17H20F2INO4. The molecule has 0 heterocycles. The Morgan fingerprint density at radius 1 is 1.36 bits per heavy atom. The van der Waals surface area contributed by atoms with Gasteiger partial charge in [-0.1, -0.05) is 13.8 Å². The van der Waals surface area contributed by atoms with E-state index in [0.717, 1.165) is 12.3 Å². The van der Waals surface area contributed by atoms with Crippen LogP contribution in [-0.4, -0.2) is 41.7 Å². The number of carbonyl (C=O) groups is 1. The summed E-state index contributed by atoms with van der Waals surface area (Å²) in [6.07, 6.45) is 1.05. The number of hydrogen-bond donors (Lipinski definition) is 2. The van der Waals surface area contributed by atoms with Gasteiger partial charge in [0, 0.05) is 15.9 Å². The Morgan fingerprint density at radius 2 is 2.00 bits per heavy atom. The maximum Gasteiger partial charge on any atom is 0.343 e. The molecule has 0 aliphatic carbocycles. The first-order chi connectivity index (χ1) is 11.7. The lowest BCUT2D eigenvalue weighted by molar-refractivity contribution is -0.137. The van der Waals surface area contributed by atoms with E-state index in [2.05, 4.69) is 4.99 Å². The number of aliphatic imine (C=N–C) groups is 1. The number of benzene rings is 1. The largest absolute Gasteiger partial charge is 0.506 e. The van der Waals surface area contributed by atoms with Crippen LogP contribution in [0.1, 0.15) is 26.3 Å². The summed E-state index contributed by atoms with van der Waals surface area (Å²) in [5, 5.41) is 19.7. The molecule has 0 amide bonds. The molecule has 0 aromatic heterocycles. The number of ether oxygens (including phenoxy) is 1. The molecule has 1 atom stereocenters. The van der Waals surface area contributed by atoms with E-state index in [0.29, 0.717) is 6.07 Å². The highest BCUT2D eigenvalue weighted by atomic mass is 127. The van der Waals surface area contributed by atoms with Crippen molar-refractivity contribution in [3.8, 4) is 0 Å². The van der Waals surface area contributed by atoms with Gasteiger partial charge in [0.25, 0.3) is 0 Å². The van der Waals surface area contributed by atoms with Gasteiger partial charge < -0.3 is 14.9 Å².